The molecule has 0 radical (unpaired) electrons. The van der Waals surface area contributed by atoms with E-state index in [0.29, 0.717) is 6.42 Å². The van der Waals surface area contributed by atoms with E-state index >= 15 is 0 Å². The van der Waals surface area contributed by atoms with E-state index in [1.807, 2.05) is 34.8 Å². The minimum absolute atomic E-state index is 0.384. The molecule has 0 bridgehead atoms. The van der Waals surface area contributed by atoms with E-state index < -0.39 is 12.1 Å². The van der Waals surface area contributed by atoms with Crippen molar-refractivity contribution in [1.29, 1.82) is 0 Å². The summed E-state index contributed by atoms with van der Waals surface area (Å²) < 4.78 is 5.03. The molecule has 4 nitrogen and oxygen atoms in total. The minimum atomic E-state index is -0.925. The highest BCUT2D eigenvalue weighted by atomic mass is 32.1. The number of hydrogen-bond donors (Lipinski definition) is 1. The summed E-state index contributed by atoms with van der Waals surface area (Å²) in [6.07, 6.45) is 2.75. The van der Waals surface area contributed by atoms with Crippen LogP contribution in [0.5, 0.6) is 0 Å². The summed E-state index contributed by atoms with van der Waals surface area (Å²) in [5.41, 5.74) is 5.13. The molecule has 146 valence electrons. The normalized spacial score (nSPS) is 14.2. The highest BCUT2D eigenvalue weighted by Crippen LogP contribution is 2.42. The molecule has 0 saturated heterocycles. The van der Waals surface area contributed by atoms with Crippen LogP contribution in [0.15, 0.2) is 47.2 Å². The predicted octanol–water partition coefficient (Wildman–Crippen LogP) is 4.93. The van der Waals surface area contributed by atoms with Crippen molar-refractivity contribution in [1.82, 2.24) is 0 Å². The van der Waals surface area contributed by atoms with Crippen molar-refractivity contribution >= 4 is 38.6 Å². The average molecular weight is 414 g/mol. The third-order valence-electron chi connectivity index (χ3n) is 5.23. The molecule has 1 unspecified atom stereocenters. The lowest BCUT2D eigenvalue weighted by molar-refractivity contribution is -0.148. The summed E-state index contributed by atoms with van der Waals surface area (Å²) in [6.45, 7) is 0.941. The molecule has 3 aromatic rings. The molecule has 28 heavy (non-hydrogen) atoms. The Kier molecular flexibility index (Phi) is 5.80. The van der Waals surface area contributed by atoms with E-state index in [1.54, 1.807) is 0 Å². The van der Waals surface area contributed by atoms with Crippen molar-refractivity contribution in [3.05, 3.63) is 69.4 Å². The van der Waals surface area contributed by atoms with Crippen LogP contribution in [0.3, 0.4) is 0 Å². The Labute approximate surface area is 173 Å². The topological polar surface area (TPSA) is 49.8 Å². The number of carbonyl (C=O) groups is 1. The zero-order chi connectivity index (χ0) is 19.5. The van der Waals surface area contributed by atoms with E-state index in [-0.39, 0.29) is 0 Å². The Bertz CT molecular complexity index is 903. The van der Waals surface area contributed by atoms with Crippen molar-refractivity contribution in [2.75, 3.05) is 18.6 Å². The maximum Gasteiger partial charge on any atom is 0.333 e. The van der Waals surface area contributed by atoms with Gasteiger partial charge in [-0.1, -0.05) is 24.3 Å². The molecule has 3 heterocycles. The lowest BCUT2D eigenvalue weighted by Crippen LogP contribution is -2.24. The fraction of sp³-hybridized carbons (Fsp3) is 0.318. The van der Waals surface area contributed by atoms with Crippen LogP contribution < -0.4 is 4.90 Å². The van der Waals surface area contributed by atoms with Gasteiger partial charge in [-0.05, 0) is 64.4 Å². The van der Waals surface area contributed by atoms with Gasteiger partial charge in [-0.15, -0.1) is 22.7 Å². The van der Waals surface area contributed by atoms with Crippen molar-refractivity contribution < 1.29 is 14.6 Å². The van der Waals surface area contributed by atoms with Crippen LogP contribution >= 0.6 is 22.7 Å². The lowest BCUT2D eigenvalue weighted by Gasteiger charge is -2.23. The van der Waals surface area contributed by atoms with Gasteiger partial charge in [0.1, 0.15) is 0 Å². The van der Waals surface area contributed by atoms with Crippen LogP contribution in [0.1, 0.15) is 22.3 Å². The number of carboxylic acids is 1. The molecule has 0 amide bonds. The summed E-state index contributed by atoms with van der Waals surface area (Å²) in [4.78, 5) is 13.6. The first-order valence-corrected chi connectivity index (χ1v) is 11.2. The molecule has 6 heteroatoms. The third kappa shape index (κ3) is 3.99. The number of carboxylic acid groups (broad SMARTS) is 1. The molecular formula is C22H23NO3S2. The standard InChI is InChI=1S/C22H23NO3S2/c1-26-19(22(24)25)14-16-4-2-15(3-5-16)8-11-23-20-17(9-12-27-20)6-7-18-10-13-28-21(18)23/h2-5,9-10,12-13,19H,6-8,11,14H2,1H3,(H,24,25). The van der Waals surface area contributed by atoms with Gasteiger partial charge in [0.05, 0.1) is 10.0 Å². The Hall–Kier alpha value is -2.15. The van der Waals surface area contributed by atoms with Gasteiger partial charge in [0.2, 0.25) is 0 Å². The smallest absolute Gasteiger partial charge is 0.333 e. The molecule has 1 atom stereocenters. The van der Waals surface area contributed by atoms with E-state index in [2.05, 4.69) is 39.9 Å². The van der Waals surface area contributed by atoms with E-state index in [1.165, 1.54) is 33.8 Å². The highest BCUT2D eigenvalue weighted by molar-refractivity contribution is 7.16. The van der Waals surface area contributed by atoms with Gasteiger partial charge in [0.25, 0.3) is 0 Å². The van der Waals surface area contributed by atoms with Crippen molar-refractivity contribution in [2.24, 2.45) is 0 Å². The van der Waals surface area contributed by atoms with E-state index in [9.17, 15) is 4.79 Å². The second-order valence-electron chi connectivity index (χ2n) is 6.99. The Balaban J connectivity index is 1.47. The van der Waals surface area contributed by atoms with Gasteiger partial charge in [-0.3, -0.25) is 0 Å². The Morgan fingerprint density at radius 2 is 1.61 bits per heavy atom. The van der Waals surface area contributed by atoms with Crippen molar-refractivity contribution in [2.45, 2.75) is 31.8 Å². The molecule has 2 aromatic heterocycles. The van der Waals surface area contributed by atoms with Crippen molar-refractivity contribution in [3.8, 4) is 0 Å². The average Bonchev–Trinajstić information content (AvgIpc) is 3.33. The number of thiophene rings is 2. The fourth-order valence-electron chi connectivity index (χ4n) is 3.64. The molecule has 1 aliphatic rings. The fourth-order valence-corrected chi connectivity index (χ4v) is 5.69. The molecule has 1 aliphatic heterocycles. The number of hydrogen-bond acceptors (Lipinski definition) is 5. The Morgan fingerprint density at radius 1 is 1.04 bits per heavy atom. The second kappa shape index (κ2) is 8.47. The van der Waals surface area contributed by atoms with Crippen LogP contribution in [-0.2, 0) is 35.2 Å². The first-order valence-electron chi connectivity index (χ1n) is 9.39. The summed E-state index contributed by atoms with van der Waals surface area (Å²) in [5.74, 6) is -0.925. The van der Waals surface area contributed by atoms with Gasteiger partial charge in [-0.25, -0.2) is 4.79 Å². The van der Waals surface area contributed by atoms with Gasteiger partial charge >= 0.3 is 5.97 Å². The molecule has 0 fully saturated rings. The lowest BCUT2D eigenvalue weighted by atomic mass is 10.0. The number of aliphatic carboxylic acids is 1. The molecule has 0 saturated carbocycles. The van der Waals surface area contributed by atoms with Gasteiger partial charge in [0, 0.05) is 20.1 Å². The monoisotopic (exact) mass is 413 g/mol. The largest absolute Gasteiger partial charge is 0.479 e. The number of fused-ring (bicyclic) bond motifs is 2. The number of methoxy groups -OCH3 is 1. The number of aryl methyl sites for hydroxylation is 2. The van der Waals surface area contributed by atoms with Gasteiger partial charge < -0.3 is 14.7 Å². The molecular weight excluding hydrogens is 390 g/mol. The quantitative estimate of drug-likeness (QED) is 0.597. The summed E-state index contributed by atoms with van der Waals surface area (Å²) in [6, 6.07) is 12.7. The summed E-state index contributed by atoms with van der Waals surface area (Å²) >= 11 is 3.65. The zero-order valence-electron chi connectivity index (χ0n) is 15.8. The molecule has 0 aliphatic carbocycles. The first-order chi connectivity index (χ1) is 13.7. The highest BCUT2D eigenvalue weighted by Gasteiger charge is 2.22. The summed E-state index contributed by atoms with van der Waals surface area (Å²) in [5, 5.41) is 16.3. The number of ether oxygens (including phenoxy) is 1. The third-order valence-corrected chi connectivity index (χ3v) is 7.19. The van der Waals surface area contributed by atoms with Crippen LogP contribution in [0.2, 0.25) is 0 Å². The molecule has 0 spiro atoms. The number of anilines is 2. The van der Waals surface area contributed by atoms with E-state index in [4.69, 9.17) is 9.84 Å². The number of benzene rings is 1. The van der Waals surface area contributed by atoms with Gasteiger partial charge in [0.15, 0.2) is 6.10 Å². The van der Waals surface area contributed by atoms with Gasteiger partial charge in [-0.2, -0.15) is 0 Å². The first kappa shape index (κ1) is 19.2. The molecule has 4 rings (SSSR count). The number of nitrogens with zero attached hydrogens (tertiary/aromatic N) is 1. The van der Waals surface area contributed by atoms with Crippen LogP contribution in [-0.4, -0.2) is 30.8 Å². The van der Waals surface area contributed by atoms with Crippen LogP contribution in [0.4, 0.5) is 10.0 Å². The molecule has 1 N–H and O–H groups in total. The zero-order valence-corrected chi connectivity index (χ0v) is 17.4. The Morgan fingerprint density at radius 3 is 2.14 bits per heavy atom. The maximum atomic E-state index is 11.1. The number of rotatable bonds is 7. The van der Waals surface area contributed by atoms with Crippen molar-refractivity contribution in [3.63, 3.8) is 0 Å². The maximum absolute atomic E-state index is 11.1. The second-order valence-corrected chi connectivity index (χ2v) is 8.78. The SMILES string of the molecule is COC(Cc1ccc(CCN2c3sccc3CCc3ccsc32)cc1)C(=O)O. The van der Waals surface area contributed by atoms with Crippen LogP contribution in [0, 0.1) is 0 Å². The molecule has 1 aromatic carbocycles. The predicted molar refractivity (Wildman–Crippen MR) is 115 cm³/mol. The summed E-state index contributed by atoms with van der Waals surface area (Å²) in [7, 11) is 1.44. The van der Waals surface area contributed by atoms with Crippen LogP contribution in [0.25, 0.3) is 0 Å². The minimum Gasteiger partial charge on any atom is -0.479 e. The van der Waals surface area contributed by atoms with E-state index in [0.717, 1.165) is 31.4 Å².